The average molecular weight is 244 g/mol. The molecule has 0 atom stereocenters. The number of carbonyl (C=O) groups is 1. The van der Waals surface area contributed by atoms with E-state index in [1.54, 1.807) is 0 Å². The van der Waals surface area contributed by atoms with Crippen molar-refractivity contribution in [3.63, 3.8) is 0 Å². The van der Waals surface area contributed by atoms with Crippen molar-refractivity contribution < 1.29 is 13.2 Å². The maximum Gasteiger partial charge on any atom is 0.260 e. The van der Waals surface area contributed by atoms with E-state index >= 15 is 0 Å². The highest BCUT2D eigenvalue weighted by Gasteiger charge is 2.28. The Balaban J connectivity index is 2.26. The van der Waals surface area contributed by atoms with E-state index in [1.807, 2.05) is 0 Å². The number of imidazole rings is 1. The molecular weight excluding hydrogens is 232 g/mol. The van der Waals surface area contributed by atoms with E-state index in [-0.39, 0.29) is 17.5 Å². The van der Waals surface area contributed by atoms with E-state index in [2.05, 4.69) is 15.3 Å². The van der Waals surface area contributed by atoms with Crippen molar-refractivity contribution in [3.05, 3.63) is 12.5 Å². The van der Waals surface area contributed by atoms with Crippen LogP contribution in [0.3, 0.4) is 0 Å². The summed E-state index contributed by atoms with van der Waals surface area (Å²) in [6, 6.07) is 0. The number of aromatic amines is 1. The van der Waals surface area contributed by atoms with Crippen LogP contribution in [-0.4, -0.2) is 48.2 Å². The summed E-state index contributed by atoms with van der Waals surface area (Å²) in [5.74, 6) is -0.277. The minimum atomic E-state index is -3.62. The van der Waals surface area contributed by atoms with Crippen LogP contribution >= 0.6 is 0 Å². The molecule has 7 nitrogen and oxygen atoms in total. The molecule has 0 radical (unpaired) electrons. The molecule has 16 heavy (non-hydrogen) atoms. The Morgan fingerprint density at radius 3 is 2.94 bits per heavy atom. The largest absolute Gasteiger partial charge is 0.355 e. The van der Waals surface area contributed by atoms with Crippen molar-refractivity contribution in [1.29, 1.82) is 0 Å². The molecule has 0 aliphatic carbocycles. The number of carbonyl (C=O) groups excluding carboxylic acids is 1. The minimum Gasteiger partial charge on any atom is -0.355 e. The van der Waals surface area contributed by atoms with Gasteiger partial charge >= 0.3 is 0 Å². The van der Waals surface area contributed by atoms with Crippen LogP contribution in [0.25, 0.3) is 0 Å². The van der Waals surface area contributed by atoms with Gasteiger partial charge in [0.2, 0.25) is 5.91 Å². The number of nitrogens with zero attached hydrogens (tertiary/aromatic N) is 2. The predicted octanol–water partition coefficient (Wildman–Crippen LogP) is -1.08. The lowest BCUT2D eigenvalue weighted by atomic mass is 10.4. The van der Waals surface area contributed by atoms with Crippen LogP contribution in [0.5, 0.6) is 0 Å². The van der Waals surface area contributed by atoms with Gasteiger partial charge in [-0.3, -0.25) is 4.79 Å². The minimum absolute atomic E-state index is 0.0159. The number of hydrogen-bond donors (Lipinski definition) is 2. The van der Waals surface area contributed by atoms with E-state index in [0.717, 1.165) is 4.31 Å². The van der Waals surface area contributed by atoms with Gasteiger partial charge in [-0.15, -0.1) is 0 Å². The third kappa shape index (κ3) is 2.07. The molecule has 0 bridgehead atoms. The molecule has 2 rings (SSSR count). The van der Waals surface area contributed by atoms with Crippen LogP contribution in [0.4, 0.5) is 0 Å². The van der Waals surface area contributed by atoms with Gasteiger partial charge in [0, 0.05) is 13.1 Å². The Bertz CT molecular complexity index is 467. The van der Waals surface area contributed by atoms with Crippen LogP contribution in [-0.2, 0) is 14.8 Å². The first-order chi connectivity index (χ1) is 7.60. The summed E-state index contributed by atoms with van der Waals surface area (Å²) in [5.41, 5.74) is 0. The van der Waals surface area contributed by atoms with Gasteiger partial charge in [-0.25, -0.2) is 13.4 Å². The van der Waals surface area contributed by atoms with Crippen molar-refractivity contribution in [1.82, 2.24) is 19.6 Å². The number of rotatable bonds is 2. The SMILES string of the molecule is O=C1CN(S(=O)(=O)c2cnc[nH]2)CCCN1. The molecule has 0 spiro atoms. The summed E-state index contributed by atoms with van der Waals surface area (Å²) in [6.07, 6.45) is 3.14. The Labute approximate surface area is 92.9 Å². The summed E-state index contributed by atoms with van der Waals surface area (Å²) in [6.45, 7) is 0.704. The normalized spacial score (nSPS) is 19.1. The Kier molecular flexibility index (Phi) is 2.92. The number of amides is 1. The fourth-order valence-corrected chi connectivity index (χ4v) is 2.84. The average Bonchev–Trinajstić information content (AvgIpc) is 2.68. The van der Waals surface area contributed by atoms with Crippen molar-refractivity contribution in [2.45, 2.75) is 11.4 Å². The molecule has 0 unspecified atom stereocenters. The molecule has 1 aliphatic rings. The second-order valence-corrected chi connectivity index (χ2v) is 5.36. The second-order valence-electron chi connectivity index (χ2n) is 3.46. The Morgan fingerprint density at radius 1 is 1.44 bits per heavy atom. The van der Waals surface area contributed by atoms with Gasteiger partial charge in [0.05, 0.1) is 19.1 Å². The zero-order chi connectivity index (χ0) is 11.6. The topological polar surface area (TPSA) is 95.2 Å². The first kappa shape index (κ1) is 11.1. The molecule has 0 saturated carbocycles. The first-order valence-electron chi connectivity index (χ1n) is 4.86. The summed E-state index contributed by atoms with van der Waals surface area (Å²) in [7, 11) is -3.62. The van der Waals surface area contributed by atoms with Gasteiger partial charge in [0.15, 0.2) is 5.03 Å². The highest BCUT2D eigenvalue weighted by Crippen LogP contribution is 2.13. The van der Waals surface area contributed by atoms with Gasteiger partial charge in [0.25, 0.3) is 10.0 Å². The number of sulfonamides is 1. The molecule has 1 fully saturated rings. The molecule has 2 heterocycles. The zero-order valence-corrected chi connectivity index (χ0v) is 9.33. The highest BCUT2D eigenvalue weighted by atomic mass is 32.2. The molecule has 2 N–H and O–H groups in total. The molecular formula is C8H12N4O3S. The zero-order valence-electron chi connectivity index (χ0n) is 8.51. The number of nitrogens with one attached hydrogen (secondary N) is 2. The van der Waals surface area contributed by atoms with E-state index in [4.69, 9.17) is 0 Å². The molecule has 1 aromatic rings. The summed E-state index contributed by atoms with van der Waals surface area (Å²) < 4.78 is 25.2. The van der Waals surface area contributed by atoms with Crippen molar-refractivity contribution in [2.75, 3.05) is 19.6 Å². The second kappa shape index (κ2) is 4.22. The third-order valence-corrected chi connectivity index (χ3v) is 4.09. The van der Waals surface area contributed by atoms with E-state index < -0.39 is 10.0 Å². The highest BCUT2D eigenvalue weighted by molar-refractivity contribution is 7.89. The molecule has 1 saturated heterocycles. The smallest absolute Gasteiger partial charge is 0.260 e. The third-order valence-electron chi connectivity index (χ3n) is 2.32. The van der Waals surface area contributed by atoms with Crippen LogP contribution in [0.2, 0.25) is 0 Å². The first-order valence-corrected chi connectivity index (χ1v) is 6.30. The van der Waals surface area contributed by atoms with Gasteiger partial charge in [-0.1, -0.05) is 0 Å². The summed E-state index contributed by atoms with van der Waals surface area (Å²) in [5, 5.41) is 2.64. The lowest BCUT2D eigenvalue weighted by Gasteiger charge is -2.16. The fraction of sp³-hybridized carbons (Fsp3) is 0.500. The molecule has 1 aliphatic heterocycles. The predicted molar refractivity (Wildman–Crippen MR) is 55.0 cm³/mol. The Morgan fingerprint density at radius 2 is 2.25 bits per heavy atom. The molecule has 88 valence electrons. The van der Waals surface area contributed by atoms with Gasteiger partial charge in [-0.2, -0.15) is 4.31 Å². The summed E-state index contributed by atoms with van der Waals surface area (Å²) in [4.78, 5) is 17.5. The maximum atomic E-state index is 12.0. The van der Waals surface area contributed by atoms with Gasteiger partial charge in [-0.05, 0) is 6.42 Å². The number of hydrogen-bond acceptors (Lipinski definition) is 4. The van der Waals surface area contributed by atoms with Crippen LogP contribution < -0.4 is 5.32 Å². The van der Waals surface area contributed by atoms with Crippen molar-refractivity contribution in [2.24, 2.45) is 0 Å². The maximum absolute atomic E-state index is 12.0. The quantitative estimate of drug-likeness (QED) is 0.691. The van der Waals surface area contributed by atoms with Gasteiger partial charge in [0.1, 0.15) is 0 Å². The molecule has 8 heteroatoms. The van der Waals surface area contributed by atoms with Crippen LogP contribution in [0.1, 0.15) is 6.42 Å². The van der Waals surface area contributed by atoms with Crippen LogP contribution in [0, 0.1) is 0 Å². The van der Waals surface area contributed by atoms with Crippen molar-refractivity contribution in [3.8, 4) is 0 Å². The monoisotopic (exact) mass is 244 g/mol. The van der Waals surface area contributed by atoms with E-state index in [9.17, 15) is 13.2 Å². The lowest BCUT2D eigenvalue weighted by Crippen LogP contribution is -2.37. The fourth-order valence-electron chi connectivity index (χ4n) is 1.51. The number of H-pyrrole nitrogens is 1. The standard InChI is InChI=1S/C8H12N4O3S/c13-7-5-12(3-1-2-10-7)16(14,15)8-4-9-6-11-8/h4,6H,1-3,5H2,(H,9,11)(H,10,13). The van der Waals surface area contributed by atoms with Crippen LogP contribution in [0.15, 0.2) is 17.6 Å². The van der Waals surface area contributed by atoms with E-state index in [0.29, 0.717) is 19.5 Å². The molecule has 1 amide bonds. The molecule has 1 aromatic heterocycles. The lowest BCUT2D eigenvalue weighted by molar-refractivity contribution is -0.120. The molecule has 0 aromatic carbocycles. The Hall–Kier alpha value is -1.41. The van der Waals surface area contributed by atoms with E-state index in [1.165, 1.54) is 12.5 Å². The van der Waals surface area contributed by atoms with Crippen molar-refractivity contribution >= 4 is 15.9 Å². The van der Waals surface area contributed by atoms with Gasteiger partial charge < -0.3 is 10.3 Å². The summed E-state index contributed by atoms with van der Waals surface area (Å²) >= 11 is 0. The number of aromatic nitrogens is 2.